The van der Waals surface area contributed by atoms with Crippen molar-refractivity contribution >= 4 is 35.9 Å². The van der Waals surface area contributed by atoms with Gasteiger partial charge >= 0.3 is 5.97 Å². The third kappa shape index (κ3) is 9.96. The number of hydrogen-bond donors (Lipinski definition) is 2. The second-order valence-electron chi connectivity index (χ2n) is 5.85. The number of nitrogens with one attached hydrogen (secondary N) is 2. The zero-order valence-electron chi connectivity index (χ0n) is 16.2. The number of esters is 1. The van der Waals surface area contributed by atoms with Gasteiger partial charge in [0.15, 0.2) is 5.96 Å². The molecule has 26 heavy (non-hydrogen) atoms. The van der Waals surface area contributed by atoms with Crippen LogP contribution in [0.1, 0.15) is 38.9 Å². The summed E-state index contributed by atoms with van der Waals surface area (Å²) in [5.41, 5.74) is 1.18. The van der Waals surface area contributed by atoms with Crippen molar-refractivity contribution in [2.75, 3.05) is 33.4 Å². The lowest BCUT2D eigenvalue weighted by atomic mass is 10.1. The molecule has 0 fully saturated rings. The van der Waals surface area contributed by atoms with Crippen molar-refractivity contribution in [1.82, 2.24) is 10.6 Å². The normalized spacial score (nSPS) is 13.3. The van der Waals surface area contributed by atoms with E-state index in [0.29, 0.717) is 19.1 Å². The standard InChI is InChI=1S/C19H31N3O3.HI/c1-5-20-19(22-14-15(2)18(23)24-4)21-12-9-13-25-16(3)17-10-7-6-8-11-17;/h6-8,10-11,15-16H,5,9,12-14H2,1-4H3,(H2,20,21,22);1H. The van der Waals surface area contributed by atoms with Gasteiger partial charge in [-0.05, 0) is 25.8 Å². The Morgan fingerprint density at radius 1 is 1.19 bits per heavy atom. The van der Waals surface area contributed by atoms with E-state index in [1.807, 2.05) is 25.1 Å². The lowest BCUT2D eigenvalue weighted by molar-refractivity contribution is -0.144. The highest BCUT2D eigenvalue weighted by Crippen LogP contribution is 2.15. The van der Waals surface area contributed by atoms with Crippen LogP contribution in [-0.2, 0) is 14.3 Å². The van der Waals surface area contributed by atoms with Crippen molar-refractivity contribution in [2.24, 2.45) is 10.9 Å². The first-order valence-electron chi connectivity index (χ1n) is 8.85. The van der Waals surface area contributed by atoms with Gasteiger partial charge in [-0.15, -0.1) is 24.0 Å². The van der Waals surface area contributed by atoms with Crippen molar-refractivity contribution in [2.45, 2.75) is 33.3 Å². The predicted molar refractivity (Wildman–Crippen MR) is 116 cm³/mol. The van der Waals surface area contributed by atoms with Crippen molar-refractivity contribution in [1.29, 1.82) is 0 Å². The number of methoxy groups -OCH3 is 1. The number of carbonyl (C=O) groups excluding carboxylic acids is 1. The van der Waals surface area contributed by atoms with Crippen LogP contribution in [-0.4, -0.2) is 45.3 Å². The maximum absolute atomic E-state index is 11.4. The molecule has 0 bridgehead atoms. The van der Waals surface area contributed by atoms with Crippen LogP contribution in [0.3, 0.4) is 0 Å². The van der Waals surface area contributed by atoms with E-state index in [1.54, 1.807) is 6.92 Å². The largest absolute Gasteiger partial charge is 0.469 e. The van der Waals surface area contributed by atoms with Crippen LogP contribution in [0.5, 0.6) is 0 Å². The summed E-state index contributed by atoms with van der Waals surface area (Å²) >= 11 is 0. The highest BCUT2D eigenvalue weighted by molar-refractivity contribution is 14.0. The average molecular weight is 477 g/mol. The number of ether oxygens (including phenoxy) is 2. The molecule has 2 unspecified atom stereocenters. The highest BCUT2D eigenvalue weighted by Gasteiger charge is 2.12. The van der Waals surface area contributed by atoms with Gasteiger partial charge in [0.2, 0.25) is 0 Å². The van der Waals surface area contributed by atoms with E-state index in [2.05, 4.69) is 34.7 Å². The zero-order chi connectivity index (χ0) is 18.5. The fraction of sp³-hybridized carbons (Fsp3) is 0.579. The summed E-state index contributed by atoms with van der Waals surface area (Å²) in [6.07, 6.45) is 0.956. The molecule has 148 valence electrons. The molecule has 7 heteroatoms. The van der Waals surface area contributed by atoms with Crippen LogP contribution in [0.25, 0.3) is 0 Å². The summed E-state index contributed by atoms with van der Waals surface area (Å²) in [6.45, 7) is 8.44. The van der Waals surface area contributed by atoms with Gasteiger partial charge in [0.25, 0.3) is 0 Å². The number of nitrogens with zero attached hydrogens (tertiary/aromatic N) is 1. The third-order valence-electron chi connectivity index (χ3n) is 3.72. The molecule has 0 aliphatic heterocycles. The summed E-state index contributed by atoms with van der Waals surface area (Å²) in [4.78, 5) is 15.8. The van der Waals surface area contributed by atoms with Crippen LogP contribution in [0.4, 0.5) is 0 Å². The van der Waals surface area contributed by atoms with E-state index < -0.39 is 0 Å². The summed E-state index contributed by atoms with van der Waals surface area (Å²) in [6, 6.07) is 10.2. The lowest BCUT2D eigenvalue weighted by Crippen LogP contribution is -2.38. The Labute approximate surface area is 174 Å². The number of carbonyl (C=O) groups is 1. The topological polar surface area (TPSA) is 72.0 Å². The Morgan fingerprint density at radius 3 is 2.50 bits per heavy atom. The Kier molecular flexibility index (Phi) is 14.0. The van der Waals surface area contributed by atoms with Crippen molar-refractivity contribution < 1.29 is 14.3 Å². The van der Waals surface area contributed by atoms with Gasteiger partial charge in [0, 0.05) is 19.7 Å². The molecule has 2 N–H and O–H groups in total. The second kappa shape index (κ2) is 14.8. The first-order chi connectivity index (χ1) is 12.1. The smallest absolute Gasteiger partial charge is 0.310 e. The first-order valence-corrected chi connectivity index (χ1v) is 8.85. The molecule has 0 saturated carbocycles. The summed E-state index contributed by atoms with van der Waals surface area (Å²) in [5, 5.41) is 6.42. The predicted octanol–water partition coefficient (Wildman–Crippen LogP) is 3.14. The van der Waals surface area contributed by atoms with Gasteiger partial charge < -0.3 is 20.1 Å². The molecule has 1 aromatic carbocycles. The lowest BCUT2D eigenvalue weighted by Gasteiger charge is -2.15. The fourth-order valence-electron chi connectivity index (χ4n) is 2.21. The fourth-order valence-corrected chi connectivity index (χ4v) is 2.21. The number of benzene rings is 1. The second-order valence-corrected chi connectivity index (χ2v) is 5.85. The zero-order valence-corrected chi connectivity index (χ0v) is 18.5. The molecular weight excluding hydrogens is 445 g/mol. The Balaban J connectivity index is 0.00000625. The Hall–Kier alpha value is -1.35. The van der Waals surface area contributed by atoms with Gasteiger partial charge in [-0.25, -0.2) is 0 Å². The molecule has 2 atom stereocenters. The molecule has 0 amide bonds. The van der Waals surface area contributed by atoms with E-state index in [-0.39, 0.29) is 42.0 Å². The van der Waals surface area contributed by atoms with Crippen molar-refractivity contribution in [3.8, 4) is 0 Å². The van der Waals surface area contributed by atoms with Gasteiger partial charge in [0.05, 0.1) is 25.7 Å². The number of rotatable bonds is 10. The quantitative estimate of drug-likeness (QED) is 0.178. The van der Waals surface area contributed by atoms with Crippen LogP contribution in [0, 0.1) is 5.92 Å². The van der Waals surface area contributed by atoms with Crippen LogP contribution >= 0.6 is 24.0 Å². The Morgan fingerprint density at radius 2 is 1.88 bits per heavy atom. The van der Waals surface area contributed by atoms with Crippen molar-refractivity contribution in [3.63, 3.8) is 0 Å². The van der Waals surface area contributed by atoms with Gasteiger partial charge in [-0.1, -0.05) is 37.3 Å². The van der Waals surface area contributed by atoms with E-state index in [4.69, 9.17) is 9.47 Å². The summed E-state index contributed by atoms with van der Waals surface area (Å²) < 4.78 is 10.6. The summed E-state index contributed by atoms with van der Waals surface area (Å²) in [5.74, 6) is 0.202. The molecule has 0 spiro atoms. The minimum absolute atomic E-state index is 0. The molecule has 0 radical (unpaired) electrons. The summed E-state index contributed by atoms with van der Waals surface area (Å²) in [7, 11) is 1.39. The maximum Gasteiger partial charge on any atom is 0.310 e. The van der Waals surface area contributed by atoms with E-state index in [1.165, 1.54) is 12.7 Å². The molecule has 0 aromatic heterocycles. The molecule has 0 saturated heterocycles. The molecule has 6 nitrogen and oxygen atoms in total. The van der Waals surface area contributed by atoms with Gasteiger partial charge in [0.1, 0.15) is 0 Å². The third-order valence-corrected chi connectivity index (χ3v) is 3.72. The van der Waals surface area contributed by atoms with Gasteiger partial charge in [-0.2, -0.15) is 0 Å². The average Bonchev–Trinajstić information content (AvgIpc) is 2.65. The van der Waals surface area contributed by atoms with Crippen LogP contribution < -0.4 is 10.6 Å². The number of hydrogen-bond acceptors (Lipinski definition) is 4. The molecule has 0 heterocycles. The molecule has 1 aromatic rings. The van der Waals surface area contributed by atoms with Gasteiger partial charge in [-0.3, -0.25) is 9.79 Å². The minimum atomic E-state index is -0.254. The molecular formula is C19H32IN3O3. The Bertz CT molecular complexity index is 526. The first kappa shape index (κ1) is 24.7. The van der Waals surface area contributed by atoms with Crippen molar-refractivity contribution in [3.05, 3.63) is 35.9 Å². The van der Waals surface area contributed by atoms with Crippen LogP contribution in [0.15, 0.2) is 35.3 Å². The molecule has 1 rings (SSSR count). The van der Waals surface area contributed by atoms with E-state index in [0.717, 1.165) is 19.5 Å². The maximum atomic E-state index is 11.4. The van der Waals surface area contributed by atoms with E-state index >= 15 is 0 Å². The number of guanidine groups is 1. The SMILES string of the molecule is CCNC(=NCC(C)C(=O)OC)NCCCOC(C)c1ccccc1.I. The molecule has 0 aliphatic rings. The highest BCUT2D eigenvalue weighted by atomic mass is 127. The van der Waals surface area contributed by atoms with Crippen LogP contribution in [0.2, 0.25) is 0 Å². The monoisotopic (exact) mass is 477 g/mol. The van der Waals surface area contributed by atoms with E-state index in [9.17, 15) is 4.79 Å². The minimum Gasteiger partial charge on any atom is -0.469 e. The molecule has 0 aliphatic carbocycles. The number of halogens is 1. The number of aliphatic imine (C=N–C) groups is 1.